The summed E-state index contributed by atoms with van der Waals surface area (Å²) in [6.45, 7) is 0. The Morgan fingerprint density at radius 2 is 1.55 bits per heavy atom. The maximum Gasteiger partial charge on any atom is 0.321 e. The van der Waals surface area contributed by atoms with E-state index in [1.54, 1.807) is 24.3 Å². The molecular weight excluding hydrogens is 304 g/mol. The van der Waals surface area contributed by atoms with E-state index in [-0.39, 0.29) is 5.75 Å². The average molecular weight is 321 g/mol. The Balaban J connectivity index is 0.000000441. The molecule has 6 nitrogen and oxygen atoms in total. The van der Waals surface area contributed by atoms with Gasteiger partial charge >= 0.3 is 11.9 Å². The highest BCUT2D eigenvalue weighted by Crippen LogP contribution is 2.10. The van der Waals surface area contributed by atoms with Gasteiger partial charge in [-0.2, -0.15) is 12.6 Å². The number of hydrogen-bond donors (Lipinski definition) is 5. The number of hydrogen-bond acceptors (Lipinski definition) is 5. The third-order valence-electron chi connectivity index (χ3n) is 2.20. The predicted molar refractivity (Wildman–Crippen MR) is 80.2 cm³/mol. The molecule has 0 aliphatic heterocycles. The molecule has 1 rings (SSSR count). The molecule has 8 heteroatoms. The summed E-state index contributed by atoms with van der Waals surface area (Å²) in [5.74, 6) is -1.81. The smallest absolute Gasteiger partial charge is 0.321 e. The first kappa shape index (κ1) is 18.7. The van der Waals surface area contributed by atoms with Crippen molar-refractivity contribution in [3.63, 3.8) is 0 Å². The Hall–Kier alpha value is -1.28. The number of carbonyl (C=O) groups is 2. The monoisotopic (exact) mass is 320 g/mol. The van der Waals surface area contributed by atoms with E-state index in [2.05, 4.69) is 12.6 Å². The molecule has 0 aliphatic rings. The van der Waals surface area contributed by atoms with Crippen LogP contribution in [0.5, 0.6) is 0 Å². The Labute approximate surface area is 127 Å². The number of nitrogens with two attached hydrogens (primary N) is 2. The molecule has 112 valence electrons. The zero-order chi connectivity index (χ0) is 15.7. The van der Waals surface area contributed by atoms with Gasteiger partial charge in [-0.3, -0.25) is 9.59 Å². The van der Waals surface area contributed by atoms with Crippen LogP contribution in [0.3, 0.4) is 0 Å². The molecule has 1 aromatic rings. The third-order valence-corrected chi connectivity index (χ3v) is 2.85. The van der Waals surface area contributed by atoms with Crippen molar-refractivity contribution in [3.05, 3.63) is 34.9 Å². The second kappa shape index (κ2) is 9.60. The highest BCUT2D eigenvalue weighted by molar-refractivity contribution is 7.80. The van der Waals surface area contributed by atoms with Gasteiger partial charge in [0.25, 0.3) is 0 Å². The van der Waals surface area contributed by atoms with Gasteiger partial charge in [0.05, 0.1) is 0 Å². The zero-order valence-corrected chi connectivity index (χ0v) is 12.2. The van der Waals surface area contributed by atoms with E-state index in [4.69, 9.17) is 33.3 Å². The first-order chi connectivity index (χ1) is 9.27. The molecule has 0 aromatic heterocycles. The van der Waals surface area contributed by atoms with Crippen molar-refractivity contribution < 1.29 is 19.8 Å². The molecule has 0 spiro atoms. The molecule has 2 atom stereocenters. The van der Waals surface area contributed by atoms with Crippen molar-refractivity contribution >= 4 is 36.2 Å². The normalized spacial score (nSPS) is 12.8. The minimum Gasteiger partial charge on any atom is -0.480 e. The van der Waals surface area contributed by atoms with Crippen LogP contribution < -0.4 is 11.5 Å². The molecule has 0 amide bonds. The van der Waals surface area contributed by atoms with E-state index < -0.39 is 24.0 Å². The number of carboxylic acids is 2. The van der Waals surface area contributed by atoms with Crippen LogP contribution in [0.1, 0.15) is 5.56 Å². The van der Waals surface area contributed by atoms with Crippen LogP contribution in [0.4, 0.5) is 0 Å². The van der Waals surface area contributed by atoms with Crippen LogP contribution in [0.15, 0.2) is 24.3 Å². The zero-order valence-electron chi connectivity index (χ0n) is 10.6. The highest BCUT2D eigenvalue weighted by Gasteiger charge is 2.11. The number of thiol groups is 1. The van der Waals surface area contributed by atoms with E-state index in [1.807, 2.05) is 0 Å². The lowest BCUT2D eigenvalue weighted by Gasteiger charge is -2.05. The Bertz CT molecular complexity index is 442. The average Bonchev–Trinajstić information content (AvgIpc) is 2.40. The summed E-state index contributed by atoms with van der Waals surface area (Å²) in [4.78, 5) is 20.2. The first-order valence-corrected chi connectivity index (χ1v) is 6.61. The van der Waals surface area contributed by atoms with Gasteiger partial charge in [0.2, 0.25) is 0 Å². The summed E-state index contributed by atoms with van der Waals surface area (Å²) in [6, 6.07) is 5.30. The summed E-state index contributed by atoms with van der Waals surface area (Å²) in [5.41, 5.74) is 11.2. The first-order valence-electron chi connectivity index (χ1n) is 5.60. The van der Waals surface area contributed by atoms with Crippen molar-refractivity contribution in [1.29, 1.82) is 0 Å². The highest BCUT2D eigenvalue weighted by atomic mass is 35.5. The minimum absolute atomic E-state index is 0.190. The maximum atomic E-state index is 10.4. The summed E-state index contributed by atoms with van der Waals surface area (Å²) in [7, 11) is 0. The summed E-state index contributed by atoms with van der Waals surface area (Å²) < 4.78 is 0. The molecule has 1 aromatic carbocycles. The third kappa shape index (κ3) is 8.00. The summed E-state index contributed by atoms with van der Waals surface area (Å²) >= 11 is 9.31. The largest absolute Gasteiger partial charge is 0.480 e. The van der Waals surface area contributed by atoms with Crippen LogP contribution in [0.2, 0.25) is 5.02 Å². The van der Waals surface area contributed by atoms with E-state index in [1.165, 1.54) is 0 Å². The van der Waals surface area contributed by atoms with E-state index in [0.29, 0.717) is 11.4 Å². The Morgan fingerprint density at radius 3 is 1.85 bits per heavy atom. The van der Waals surface area contributed by atoms with Crippen molar-refractivity contribution in [1.82, 2.24) is 0 Å². The molecule has 0 fully saturated rings. The molecule has 0 heterocycles. The number of rotatable bonds is 5. The molecule has 20 heavy (non-hydrogen) atoms. The molecule has 6 N–H and O–H groups in total. The topological polar surface area (TPSA) is 127 Å². The van der Waals surface area contributed by atoms with Crippen LogP contribution in [-0.4, -0.2) is 40.0 Å². The summed E-state index contributed by atoms with van der Waals surface area (Å²) in [6.07, 6.45) is 0.326. The lowest BCUT2D eigenvalue weighted by atomic mass is 10.1. The van der Waals surface area contributed by atoms with E-state index in [9.17, 15) is 9.59 Å². The SMILES string of the molecule is N[C@@H](CS)C(=O)O.N[C@@H](Cc1ccc(Cl)cc1)C(=O)O. The fourth-order valence-corrected chi connectivity index (χ4v) is 1.32. The van der Waals surface area contributed by atoms with Gasteiger partial charge in [0.15, 0.2) is 0 Å². The molecule has 0 saturated heterocycles. The molecule has 0 saturated carbocycles. The lowest BCUT2D eigenvalue weighted by Crippen LogP contribution is -2.32. The van der Waals surface area contributed by atoms with Crippen molar-refractivity contribution in [2.45, 2.75) is 18.5 Å². The second-order valence-electron chi connectivity index (χ2n) is 3.90. The summed E-state index contributed by atoms with van der Waals surface area (Å²) in [5, 5.41) is 17.2. The second-order valence-corrected chi connectivity index (χ2v) is 4.70. The number of halogens is 1. The standard InChI is InChI=1S/C9H10ClNO2.C3H7NO2S/c10-7-3-1-6(2-4-7)5-8(11)9(12)13;4-2(1-7)3(5)6/h1-4,8H,5,11H2,(H,12,13);2,7H,1,4H2,(H,5,6)/t8-;2-/m00/s1. The minimum atomic E-state index is -1.00. The van der Waals surface area contributed by atoms with Gasteiger partial charge in [-0.15, -0.1) is 0 Å². The molecule has 0 aliphatic carbocycles. The van der Waals surface area contributed by atoms with Crippen molar-refractivity contribution in [3.8, 4) is 0 Å². The van der Waals surface area contributed by atoms with Crippen molar-refractivity contribution in [2.75, 3.05) is 5.75 Å². The Kier molecular flexibility index (Phi) is 8.98. The van der Waals surface area contributed by atoms with Gasteiger partial charge in [-0.25, -0.2) is 0 Å². The number of carboxylic acid groups (broad SMARTS) is 2. The Morgan fingerprint density at radius 1 is 1.10 bits per heavy atom. The molecule has 0 bridgehead atoms. The van der Waals surface area contributed by atoms with Crippen LogP contribution in [-0.2, 0) is 16.0 Å². The lowest BCUT2D eigenvalue weighted by molar-refractivity contribution is -0.139. The maximum absolute atomic E-state index is 10.4. The van der Waals surface area contributed by atoms with Crippen LogP contribution in [0, 0.1) is 0 Å². The number of aliphatic carboxylic acids is 2. The van der Waals surface area contributed by atoms with Gasteiger partial charge in [-0.1, -0.05) is 23.7 Å². The fourth-order valence-electron chi connectivity index (χ4n) is 1.04. The molecular formula is C12H17ClN2O4S. The van der Waals surface area contributed by atoms with Gasteiger partial charge in [0, 0.05) is 10.8 Å². The fraction of sp³-hybridized carbons (Fsp3) is 0.333. The van der Waals surface area contributed by atoms with Gasteiger partial charge < -0.3 is 21.7 Å². The van der Waals surface area contributed by atoms with Crippen LogP contribution >= 0.6 is 24.2 Å². The quantitative estimate of drug-likeness (QED) is 0.506. The molecule has 0 unspecified atom stereocenters. The predicted octanol–water partition coefficient (Wildman–Crippen LogP) is 0.623. The van der Waals surface area contributed by atoms with E-state index in [0.717, 1.165) is 5.56 Å². The van der Waals surface area contributed by atoms with Gasteiger partial charge in [-0.05, 0) is 24.1 Å². The van der Waals surface area contributed by atoms with E-state index >= 15 is 0 Å². The molecule has 0 radical (unpaired) electrons. The van der Waals surface area contributed by atoms with Crippen LogP contribution in [0.25, 0.3) is 0 Å². The van der Waals surface area contributed by atoms with Crippen molar-refractivity contribution in [2.24, 2.45) is 11.5 Å². The number of benzene rings is 1. The van der Waals surface area contributed by atoms with Gasteiger partial charge in [0.1, 0.15) is 12.1 Å².